The van der Waals surface area contributed by atoms with Gasteiger partial charge >= 0.3 is 0 Å². The number of anilines is 1. The van der Waals surface area contributed by atoms with E-state index in [4.69, 9.17) is 0 Å². The van der Waals surface area contributed by atoms with Crippen molar-refractivity contribution in [1.29, 1.82) is 5.26 Å². The van der Waals surface area contributed by atoms with E-state index < -0.39 is 0 Å². The zero-order valence-electron chi connectivity index (χ0n) is 23.9. The highest BCUT2D eigenvalue weighted by Crippen LogP contribution is 2.46. The van der Waals surface area contributed by atoms with Gasteiger partial charge in [0.2, 0.25) is 0 Å². The summed E-state index contributed by atoms with van der Waals surface area (Å²) in [6.07, 6.45) is 34.9. The van der Waals surface area contributed by atoms with Gasteiger partial charge in [0.05, 0.1) is 23.8 Å². The van der Waals surface area contributed by atoms with Crippen LogP contribution in [0.25, 0.3) is 5.57 Å². The Morgan fingerprint density at radius 2 is 1.85 bits per heavy atom. The van der Waals surface area contributed by atoms with E-state index in [0.29, 0.717) is 29.8 Å². The fourth-order valence-corrected chi connectivity index (χ4v) is 7.44. The number of nitrogens with zero attached hydrogens (tertiary/aromatic N) is 4. The van der Waals surface area contributed by atoms with Gasteiger partial charge in [-0.25, -0.2) is 4.99 Å². The van der Waals surface area contributed by atoms with Gasteiger partial charge in [-0.1, -0.05) is 92.0 Å². The van der Waals surface area contributed by atoms with Crippen LogP contribution in [0.2, 0.25) is 0 Å². The predicted molar refractivity (Wildman–Crippen MR) is 169 cm³/mol. The van der Waals surface area contributed by atoms with Crippen molar-refractivity contribution >= 4 is 17.0 Å². The molecule has 2 heterocycles. The molecule has 0 amide bonds. The molecular formula is C37H38N4. The third-order valence-electron chi connectivity index (χ3n) is 9.38. The van der Waals surface area contributed by atoms with Crippen LogP contribution in [-0.4, -0.2) is 28.7 Å². The number of nitriles is 1. The lowest BCUT2D eigenvalue weighted by Crippen LogP contribution is -2.59. The topological polar surface area (TPSA) is 42.6 Å². The zero-order valence-corrected chi connectivity index (χ0v) is 23.9. The van der Waals surface area contributed by atoms with E-state index in [1.165, 1.54) is 28.2 Å². The molecule has 2 aliphatic heterocycles. The number of rotatable bonds is 4. The Labute approximate surface area is 244 Å². The van der Waals surface area contributed by atoms with Crippen LogP contribution in [0.5, 0.6) is 0 Å². The van der Waals surface area contributed by atoms with Crippen molar-refractivity contribution in [3.63, 3.8) is 0 Å². The van der Waals surface area contributed by atoms with E-state index >= 15 is 0 Å². The number of para-hydroxylation sites is 1. The second-order valence-electron chi connectivity index (χ2n) is 12.0. The Balaban J connectivity index is 1.27. The Kier molecular flexibility index (Phi) is 6.97. The van der Waals surface area contributed by atoms with E-state index in [9.17, 15) is 5.26 Å². The zero-order chi connectivity index (χ0) is 27.8. The van der Waals surface area contributed by atoms with Crippen molar-refractivity contribution in [2.45, 2.75) is 70.0 Å². The second-order valence-corrected chi connectivity index (χ2v) is 12.0. The fourth-order valence-electron chi connectivity index (χ4n) is 7.44. The molecule has 206 valence electrons. The van der Waals surface area contributed by atoms with Gasteiger partial charge in [-0.15, -0.1) is 0 Å². The first-order chi connectivity index (χ1) is 20.2. The summed E-state index contributed by atoms with van der Waals surface area (Å²) in [5.41, 5.74) is 8.47. The molecular weight excluding hydrogens is 500 g/mol. The van der Waals surface area contributed by atoms with E-state index in [0.717, 1.165) is 50.6 Å². The first-order valence-corrected chi connectivity index (χ1v) is 15.4. The maximum Gasteiger partial charge on any atom is 0.118 e. The van der Waals surface area contributed by atoms with Gasteiger partial charge in [-0.05, 0) is 62.2 Å². The summed E-state index contributed by atoms with van der Waals surface area (Å²) in [6, 6.07) is 12.4. The minimum atomic E-state index is 0.238. The number of fused-ring (bicyclic) bond motifs is 1. The highest BCUT2D eigenvalue weighted by atomic mass is 15.3. The summed E-state index contributed by atoms with van der Waals surface area (Å²) in [4.78, 5) is 10.1. The van der Waals surface area contributed by atoms with Gasteiger partial charge in [-0.3, -0.25) is 0 Å². The van der Waals surface area contributed by atoms with Gasteiger partial charge < -0.3 is 9.80 Å². The first-order valence-electron chi connectivity index (χ1n) is 15.4. The molecule has 4 unspecified atom stereocenters. The number of benzene rings is 1. The lowest BCUT2D eigenvalue weighted by atomic mass is 9.81. The largest absolute Gasteiger partial charge is 0.355 e. The monoisotopic (exact) mass is 538 g/mol. The molecule has 1 aromatic carbocycles. The fraction of sp³-hybridized carbons (Fsp3) is 0.351. The molecule has 6 aliphatic rings. The van der Waals surface area contributed by atoms with Crippen LogP contribution in [0, 0.1) is 23.2 Å². The lowest BCUT2D eigenvalue weighted by molar-refractivity contribution is 0.185. The van der Waals surface area contributed by atoms with Crippen molar-refractivity contribution in [2.75, 3.05) is 4.90 Å². The van der Waals surface area contributed by atoms with Crippen LogP contribution < -0.4 is 4.90 Å². The summed E-state index contributed by atoms with van der Waals surface area (Å²) in [7, 11) is 0. The number of hydrogen-bond donors (Lipinski definition) is 0. The van der Waals surface area contributed by atoms with Gasteiger partial charge in [0.1, 0.15) is 11.8 Å². The molecule has 41 heavy (non-hydrogen) atoms. The quantitative estimate of drug-likeness (QED) is 0.363. The van der Waals surface area contributed by atoms with Crippen LogP contribution in [0.15, 0.2) is 119 Å². The SMILES string of the molecule is CC1C=C[C@@H]2C(C1)N(c1ccccc1C1=CCC(C3=CCCC(C#N)=N3)C=C1)C1=C(C=CCC1)N2C1C=CC=CC1. The summed E-state index contributed by atoms with van der Waals surface area (Å²) >= 11 is 0. The highest BCUT2D eigenvalue weighted by molar-refractivity contribution is 5.99. The summed E-state index contributed by atoms with van der Waals surface area (Å²) in [6.45, 7) is 2.36. The summed E-state index contributed by atoms with van der Waals surface area (Å²) in [5.74, 6) is 0.787. The average molecular weight is 539 g/mol. The molecule has 0 saturated carbocycles. The van der Waals surface area contributed by atoms with Crippen LogP contribution in [-0.2, 0) is 0 Å². The lowest BCUT2D eigenvalue weighted by Gasteiger charge is -2.55. The summed E-state index contributed by atoms with van der Waals surface area (Å²) in [5, 5.41) is 9.36. The van der Waals surface area contributed by atoms with Gasteiger partial charge in [-0.2, -0.15) is 5.26 Å². The highest BCUT2D eigenvalue weighted by Gasteiger charge is 2.44. The smallest absolute Gasteiger partial charge is 0.118 e. The number of allylic oxidation sites excluding steroid dienone is 11. The minimum Gasteiger partial charge on any atom is -0.355 e. The molecule has 5 atom stereocenters. The molecule has 4 heteroatoms. The van der Waals surface area contributed by atoms with Crippen molar-refractivity contribution in [1.82, 2.24) is 4.90 Å². The summed E-state index contributed by atoms with van der Waals surface area (Å²) < 4.78 is 0. The molecule has 4 nitrogen and oxygen atoms in total. The molecule has 4 aliphatic carbocycles. The maximum atomic E-state index is 9.36. The Bertz CT molecular complexity index is 1530. The third-order valence-corrected chi connectivity index (χ3v) is 9.38. The van der Waals surface area contributed by atoms with Crippen LogP contribution in [0.4, 0.5) is 5.69 Å². The van der Waals surface area contributed by atoms with E-state index in [1.54, 1.807) is 0 Å². The van der Waals surface area contributed by atoms with Crippen molar-refractivity contribution < 1.29 is 0 Å². The van der Waals surface area contributed by atoms with Crippen molar-refractivity contribution in [3.05, 3.63) is 120 Å². The Hall–Kier alpha value is -4.10. The molecule has 0 spiro atoms. The Morgan fingerprint density at radius 3 is 2.68 bits per heavy atom. The normalized spacial score (nSPS) is 30.3. The molecule has 0 radical (unpaired) electrons. The molecule has 1 aromatic rings. The molecule has 0 fully saturated rings. The van der Waals surface area contributed by atoms with Crippen molar-refractivity contribution in [2.24, 2.45) is 16.8 Å². The number of aliphatic imine (C=N–C) groups is 1. The third kappa shape index (κ3) is 4.78. The van der Waals surface area contributed by atoms with E-state index in [2.05, 4.69) is 125 Å². The van der Waals surface area contributed by atoms with Gasteiger partial charge in [0.25, 0.3) is 0 Å². The molecule has 0 aromatic heterocycles. The van der Waals surface area contributed by atoms with E-state index in [-0.39, 0.29) is 5.92 Å². The van der Waals surface area contributed by atoms with Crippen LogP contribution in [0.3, 0.4) is 0 Å². The number of hydrogen-bond acceptors (Lipinski definition) is 4. The first kappa shape index (κ1) is 25.8. The predicted octanol–water partition coefficient (Wildman–Crippen LogP) is 8.19. The molecule has 7 rings (SSSR count). The van der Waals surface area contributed by atoms with Gasteiger partial charge in [0, 0.05) is 35.0 Å². The molecule has 0 saturated heterocycles. The molecule has 0 bridgehead atoms. The standard InChI is InChI=1S/C37H38N4/c1-26-18-23-36-37(24-26)41(35-17-8-7-16-34(35)40(36)30-11-3-2-4-12-30)33-15-6-5-13-31(33)27-19-21-28(22-20-27)32-14-9-10-29(25-38)39-32/h2-7,11,13-16,18-21,23,26,28,30,36-37H,8-10,12,17,22,24H2,1H3/t26?,28?,30?,36-,37?/m1/s1. The molecule has 0 N–H and O–H groups in total. The maximum absolute atomic E-state index is 9.36. The minimum absolute atomic E-state index is 0.238. The van der Waals surface area contributed by atoms with Crippen LogP contribution in [0.1, 0.15) is 57.4 Å². The average Bonchev–Trinajstić information content (AvgIpc) is 3.04. The second kappa shape index (κ2) is 11.1. The van der Waals surface area contributed by atoms with Crippen LogP contribution >= 0.6 is 0 Å². The van der Waals surface area contributed by atoms with Gasteiger partial charge in [0.15, 0.2) is 0 Å². The Morgan fingerprint density at radius 1 is 0.927 bits per heavy atom. The van der Waals surface area contributed by atoms with E-state index in [1.807, 2.05) is 0 Å². The van der Waals surface area contributed by atoms with Crippen molar-refractivity contribution in [3.8, 4) is 6.07 Å².